The summed E-state index contributed by atoms with van der Waals surface area (Å²) in [4.78, 5) is 11.1. The number of primary amides is 1. The highest BCUT2D eigenvalue weighted by Crippen LogP contribution is 2.27. The monoisotopic (exact) mass is 222 g/mol. The number of rotatable bonds is 2. The predicted molar refractivity (Wildman–Crippen MR) is 57.9 cm³/mol. The Morgan fingerprint density at radius 1 is 1.50 bits per heavy atom. The summed E-state index contributed by atoms with van der Waals surface area (Å²) in [6.45, 7) is 0. The third-order valence-electron chi connectivity index (χ3n) is 2.58. The van der Waals surface area contributed by atoms with E-state index in [1.54, 1.807) is 19.2 Å². The Morgan fingerprint density at radius 3 is 2.75 bits per heavy atom. The zero-order valence-electron chi connectivity index (χ0n) is 8.95. The Morgan fingerprint density at radius 2 is 2.19 bits per heavy atom. The normalized spacial score (nSPS) is 10.7. The number of ether oxygens (including phenoxy) is 1. The van der Waals surface area contributed by atoms with Crippen LogP contribution in [0.25, 0.3) is 10.9 Å². The van der Waals surface area contributed by atoms with Crippen LogP contribution in [0, 0.1) is 5.82 Å². The Kier molecular flexibility index (Phi) is 2.30. The van der Waals surface area contributed by atoms with Crippen LogP contribution >= 0.6 is 0 Å². The Balaban J connectivity index is 2.83. The number of aromatic nitrogens is 1. The number of nitrogens with zero attached hydrogens (tertiary/aromatic N) is 1. The third-order valence-corrected chi connectivity index (χ3v) is 2.58. The van der Waals surface area contributed by atoms with Gasteiger partial charge in [0.25, 0.3) is 5.91 Å². The fraction of sp³-hybridized carbons (Fsp3) is 0.182. The number of methoxy groups -OCH3 is 1. The van der Waals surface area contributed by atoms with Gasteiger partial charge in [0.15, 0.2) is 5.82 Å². The van der Waals surface area contributed by atoms with Crippen molar-refractivity contribution in [1.29, 1.82) is 0 Å². The summed E-state index contributed by atoms with van der Waals surface area (Å²) in [7, 11) is 3.09. The maximum Gasteiger partial charge on any atom is 0.268 e. The van der Waals surface area contributed by atoms with E-state index >= 15 is 0 Å². The lowest BCUT2D eigenvalue weighted by Gasteiger charge is -2.00. The molecule has 0 saturated heterocycles. The number of hydrogen-bond donors (Lipinski definition) is 1. The smallest absolute Gasteiger partial charge is 0.268 e. The molecule has 0 aliphatic rings. The SMILES string of the molecule is COc1ccc2c(c1)c(F)c(C(N)=O)n2C. The highest BCUT2D eigenvalue weighted by Gasteiger charge is 2.19. The maximum absolute atomic E-state index is 13.9. The number of amides is 1. The van der Waals surface area contributed by atoms with E-state index in [0.717, 1.165) is 0 Å². The number of halogens is 1. The van der Waals surface area contributed by atoms with Gasteiger partial charge in [0.2, 0.25) is 0 Å². The van der Waals surface area contributed by atoms with Gasteiger partial charge in [0.05, 0.1) is 12.6 Å². The van der Waals surface area contributed by atoms with Gasteiger partial charge in [0.1, 0.15) is 11.4 Å². The summed E-state index contributed by atoms with van der Waals surface area (Å²) in [5.74, 6) is -0.855. The molecule has 4 nitrogen and oxygen atoms in total. The molecule has 0 spiro atoms. The first-order valence-electron chi connectivity index (χ1n) is 4.68. The molecule has 0 aliphatic heterocycles. The molecule has 1 amide bonds. The lowest BCUT2D eigenvalue weighted by molar-refractivity contribution is 0.0989. The minimum Gasteiger partial charge on any atom is -0.497 e. The molecule has 0 aliphatic carbocycles. The summed E-state index contributed by atoms with van der Waals surface area (Å²) in [6.07, 6.45) is 0. The molecule has 0 saturated carbocycles. The van der Waals surface area contributed by atoms with Crippen molar-refractivity contribution in [2.45, 2.75) is 0 Å². The Hall–Kier alpha value is -2.04. The average Bonchev–Trinajstić information content (AvgIpc) is 2.51. The van der Waals surface area contributed by atoms with Crippen LogP contribution in [0.2, 0.25) is 0 Å². The lowest BCUT2D eigenvalue weighted by Crippen LogP contribution is -2.16. The van der Waals surface area contributed by atoms with E-state index in [-0.39, 0.29) is 5.69 Å². The van der Waals surface area contributed by atoms with Gasteiger partial charge in [0, 0.05) is 12.4 Å². The van der Waals surface area contributed by atoms with E-state index in [0.29, 0.717) is 16.7 Å². The molecule has 0 fully saturated rings. The van der Waals surface area contributed by atoms with Crippen molar-refractivity contribution in [2.75, 3.05) is 7.11 Å². The van der Waals surface area contributed by atoms with Gasteiger partial charge in [-0.1, -0.05) is 0 Å². The summed E-state index contributed by atoms with van der Waals surface area (Å²) < 4.78 is 20.3. The van der Waals surface area contributed by atoms with Crippen LogP contribution < -0.4 is 10.5 Å². The lowest BCUT2D eigenvalue weighted by atomic mass is 10.2. The van der Waals surface area contributed by atoms with E-state index in [1.165, 1.54) is 17.7 Å². The first-order chi connectivity index (χ1) is 7.56. The highest BCUT2D eigenvalue weighted by atomic mass is 19.1. The highest BCUT2D eigenvalue weighted by molar-refractivity contribution is 5.98. The van der Waals surface area contributed by atoms with Gasteiger partial charge in [-0.05, 0) is 18.2 Å². The summed E-state index contributed by atoms with van der Waals surface area (Å²) in [5, 5.41) is 0.329. The minimum atomic E-state index is -0.782. The molecule has 0 unspecified atom stereocenters. The average molecular weight is 222 g/mol. The zero-order chi connectivity index (χ0) is 11.9. The quantitative estimate of drug-likeness (QED) is 0.835. The van der Waals surface area contributed by atoms with Crippen LogP contribution in [0.3, 0.4) is 0 Å². The van der Waals surface area contributed by atoms with E-state index in [2.05, 4.69) is 0 Å². The molecule has 2 N–H and O–H groups in total. The van der Waals surface area contributed by atoms with Crippen molar-refractivity contribution in [3.8, 4) is 5.75 Å². The molecule has 5 heteroatoms. The molecule has 2 aromatic rings. The summed E-state index contributed by atoms with van der Waals surface area (Å²) in [5.41, 5.74) is 5.60. The zero-order valence-corrected chi connectivity index (χ0v) is 8.95. The van der Waals surface area contributed by atoms with Crippen LogP contribution in [0.4, 0.5) is 4.39 Å². The molecule has 84 valence electrons. The van der Waals surface area contributed by atoms with Gasteiger partial charge in [-0.2, -0.15) is 0 Å². The fourth-order valence-electron chi connectivity index (χ4n) is 1.78. The molecule has 1 aromatic heterocycles. The molecular formula is C11H11FN2O2. The predicted octanol–water partition coefficient (Wildman–Crippen LogP) is 1.42. The van der Waals surface area contributed by atoms with Gasteiger partial charge in [-0.25, -0.2) is 4.39 Å². The topological polar surface area (TPSA) is 57.2 Å². The van der Waals surface area contributed by atoms with Gasteiger partial charge >= 0.3 is 0 Å². The van der Waals surface area contributed by atoms with E-state index < -0.39 is 11.7 Å². The second kappa shape index (κ2) is 3.52. The molecule has 0 atom stereocenters. The molecule has 0 radical (unpaired) electrons. The van der Waals surface area contributed by atoms with Crippen LogP contribution in [-0.4, -0.2) is 17.6 Å². The number of aryl methyl sites for hydroxylation is 1. The van der Waals surface area contributed by atoms with Crippen molar-refractivity contribution in [2.24, 2.45) is 12.8 Å². The minimum absolute atomic E-state index is 0.122. The summed E-state index contributed by atoms with van der Waals surface area (Å²) in [6, 6.07) is 4.92. The number of carbonyl (C=O) groups excluding carboxylic acids is 1. The maximum atomic E-state index is 13.9. The second-order valence-electron chi connectivity index (χ2n) is 3.47. The number of nitrogens with two attached hydrogens (primary N) is 1. The molecule has 16 heavy (non-hydrogen) atoms. The molecule has 0 bridgehead atoms. The number of fused-ring (bicyclic) bond motifs is 1. The van der Waals surface area contributed by atoms with Crippen molar-refractivity contribution >= 4 is 16.8 Å². The number of carbonyl (C=O) groups is 1. The van der Waals surface area contributed by atoms with E-state index in [1.807, 2.05) is 0 Å². The molecular weight excluding hydrogens is 211 g/mol. The Bertz CT molecular complexity index is 575. The van der Waals surface area contributed by atoms with Crippen molar-refractivity contribution in [1.82, 2.24) is 4.57 Å². The molecule has 1 aromatic carbocycles. The first-order valence-corrected chi connectivity index (χ1v) is 4.68. The van der Waals surface area contributed by atoms with Gasteiger partial charge in [-0.3, -0.25) is 4.79 Å². The number of hydrogen-bond acceptors (Lipinski definition) is 2. The van der Waals surface area contributed by atoms with E-state index in [9.17, 15) is 9.18 Å². The Labute approximate surface area is 91.4 Å². The van der Waals surface area contributed by atoms with Gasteiger partial charge < -0.3 is 15.0 Å². The fourth-order valence-corrected chi connectivity index (χ4v) is 1.78. The van der Waals surface area contributed by atoms with Crippen LogP contribution in [-0.2, 0) is 7.05 Å². The summed E-state index contributed by atoms with van der Waals surface area (Å²) >= 11 is 0. The van der Waals surface area contributed by atoms with Crippen molar-refractivity contribution in [3.05, 3.63) is 29.7 Å². The molecule has 1 heterocycles. The van der Waals surface area contributed by atoms with Gasteiger partial charge in [-0.15, -0.1) is 0 Å². The number of benzene rings is 1. The first kappa shape index (κ1) is 10.5. The second-order valence-corrected chi connectivity index (χ2v) is 3.47. The van der Waals surface area contributed by atoms with E-state index in [4.69, 9.17) is 10.5 Å². The van der Waals surface area contributed by atoms with Crippen LogP contribution in [0.15, 0.2) is 18.2 Å². The van der Waals surface area contributed by atoms with Crippen molar-refractivity contribution < 1.29 is 13.9 Å². The van der Waals surface area contributed by atoms with Crippen LogP contribution in [0.5, 0.6) is 5.75 Å². The largest absolute Gasteiger partial charge is 0.497 e. The third kappa shape index (κ3) is 1.32. The standard InChI is InChI=1S/C11H11FN2O2/c1-14-8-4-3-6(16-2)5-7(8)9(12)10(14)11(13)15/h3-5H,1-2H3,(H2,13,15). The molecule has 2 rings (SSSR count). The van der Waals surface area contributed by atoms with Crippen LogP contribution in [0.1, 0.15) is 10.5 Å². The van der Waals surface area contributed by atoms with Crippen molar-refractivity contribution in [3.63, 3.8) is 0 Å².